The molecule has 1 aliphatic heterocycles. The normalized spacial score (nSPS) is 14.3. The molecule has 0 saturated carbocycles. The number of rotatable bonds is 2. The standard InChI is InChI=1S/C16H13NO4/c1-9-12(5-6-21-9)15(19)11-4-3-10-8-14(18)17(2)16(20)13(10)7-11/h3-7H,8H2,1-2H3. The Bertz CT molecular complexity index is 772. The van der Waals surface area contributed by atoms with E-state index in [0.717, 1.165) is 4.90 Å². The molecule has 3 rings (SSSR count). The van der Waals surface area contributed by atoms with Gasteiger partial charge in [-0.05, 0) is 24.6 Å². The second kappa shape index (κ2) is 4.70. The van der Waals surface area contributed by atoms with Crippen molar-refractivity contribution in [2.75, 3.05) is 7.05 Å². The summed E-state index contributed by atoms with van der Waals surface area (Å²) in [7, 11) is 1.45. The Kier molecular flexibility index (Phi) is 2.97. The zero-order valence-corrected chi connectivity index (χ0v) is 11.7. The maximum atomic E-state index is 12.4. The number of benzene rings is 1. The number of furan rings is 1. The molecule has 0 bridgehead atoms. The van der Waals surface area contributed by atoms with Gasteiger partial charge in [0.05, 0.1) is 18.2 Å². The van der Waals surface area contributed by atoms with E-state index >= 15 is 0 Å². The third-order valence-corrected chi connectivity index (χ3v) is 3.73. The molecule has 2 aromatic rings. The zero-order chi connectivity index (χ0) is 15.1. The summed E-state index contributed by atoms with van der Waals surface area (Å²) in [6.07, 6.45) is 1.63. The first-order valence-electron chi connectivity index (χ1n) is 6.51. The van der Waals surface area contributed by atoms with Crippen molar-refractivity contribution in [1.29, 1.82) is 0 Å². The molecular weight excluding hydrogens is 270 g/mol. The Labute approximate surface area is 121 Å². The number of carbonyl (C=O) groups is 3. The minimum absolute atomic E-state index is 0.177. The largest absolute Gasteiger partial charge is 0.469 e. The van der Waals surface area contributed by atoms with Crippen molar-refractivity contribution in [2.45, 2.75) is 13.3 Å². The predicted molar refractivity (Wildman–Crippen MR) is 74.1 cm³/mol. The van der Waals surface area contributed by atoms with Crippen LogP contribution in [-0.4, -0.2) is 29.5 Å². The number of imide groups is 1. The van der Waals surface area contributed by atoms with Gasteiger partial charge in [-0.15, -0.1) is 0 Å². The second-order valence-electron chi connectivity index (χ2n) is 5.03. The van der Waals surface area contributed by atoms with Crippen molar-refractivity contribution in [3.8, 4) is 0 Å². The van der Waals surface area contributed by atoms with E-state index < -0.39 is 0 Å². The molecule has 5 nitrogen and oxygen atoms in total. The SMILES string of the molecule is Cc1occc1C(=O)c1ccc2c(c1)C(=O)N(C)C(=O)C2. The van der Waals surface area contributed by atoms with Crippen molar-refractivity contribution in [1.82, 2.24) is 4.90 Å². The molecule has 2 amide bonds. The van der Waals surface area contributed by atoms with Gasteiger partial charge in [0.15, 0.2) is 5.78 Å². The fourth-order valence-electron chi connectivity index (χ4n) is 2.42. The number of fused-ring (bicyclic) bond motifs is 1. The summed E-state index contributed by atoms with van der Waals surface area (Å²) in [6.45, 7) is 1.71. The molecule has 0 aliphatic carbocycles. The van der Waals surface area contributed by atoms with Crippen molar-refractivity contribution in [3.05, 3.63) is 58.5 Å². The summed E-state index contributed by atoms with van der Waals surface area (Å²) in [4.78, 5) is 37.3. The van der Waals surface area contributed by atoms with Crippen LogP contribution in [-0.2, 0) is 11.2 Å². The van der Waals surface area contributed by atoms with Crippen LogP contribution in [0.1, 0.15) is 37.6 Å². The molecule has 0 fully saturated rings. The van der Waals surface area contributed by atoms with Gasteiger partial charge in [0, 0.05) is 18.2 Å². The van der Waals surface area contributed by atoms with Gasteiger partial charge in [-0.1, -0.05) is 12.1 Å². The lowest BCUT2D eigenvalue weighted by molar-refractivity contribution is -0.127. The highest BCUT2D eigenvalue weighted by molar-refractivity contribution is 6.13. The third-order valence-electron chi connectivity index (χ3n) is 3.73. The van der Waals surface area contributed by atoms with Crippen LogP contribution in [0, 0.1) is 6.92 Å². The number of carbonyl (C=O) groups excluding carboxylic acids is 3. The van der Waals surface area contributed by atoms with E-state index in [4.69, 9.17) is 4.42 Å². The van der Waals surface area contributed by atoms with E-state index in [1.165, 1.54) is 13.3 Å². The molecule has 0 spiro atoms. The molecule has 0 atom stereocenters. The van der Waals surface area contributed by atoms with Gasteiger partial charge >= 0.3 is 0 Å². The molecule has 0 unspecified atom stereocenters. The van der Waals surface area contributed by atoms with Crippen molar-refractivity contribution in [2.24, 2.45) is 0 Å². The van der Waals surface area contributed by atoms with Crippen molar-refractivity contribution in [3.63, 3.8) is 0 Å². The van der Waals surface area contributed by atoms with E-state index in [1.807, 2.05) is 0 Å². The first kappa shape index (κ1) is 13.3. The molecule has 1 aromatic carbocycles. The highest BCUT2D eigenvalue weighted by atomic mass is 16.3. The van der Waals surface area contributed by atoms with Crippen LogP contribution < -0.4 is 0 Å². The van der Waals surface area contributed by atoms with Gasteiger partial charge < -0.3 is 4.42 Å². The summed E-state index contributed by atoms with van der Waals surface area (Å²) < 4.78 is 5.13. The molecule has 5 heteroatoms. The maximum Gasteiger partial charge on any atom is 0.260 e. The molecule has 106 valence electrons. The minimum Gasteiger partial charge on any atom is -0.469 e. The van der Waals surface area contributed by atoms with Gasteiger partial charge in [0.25, 0.3) is 5.91 Å². The van der Waals surface area contributed by atoms with Crippen LogP contribution in [0.5, 0.6) is 0 Å². The Morgan fingerprint density at radius 3 is 2.67 bits per heavy atom. The lowest BCUT2D eigenvalue weighted by Crippen LogP contribution is -2.39. The predicted octanol–water partition coefficient (Wildman–Crippen LogP) is 1.97. The number of hydrogen-bond donors (Lipinski definition) is 0. The average molecular weight is 283 g/mol. The third kappa shape index (κ3) is 2.07. The van der Waals surface area contributed by atoms with E-state index in [2.05, 4.69) is 0 Å². The molecule has 1 aromatic heterocycles. The topological polar surface area (TPSA) is 67.6 Å². The van der Waals surface area contributed by atoms with E-state index in [0.29, 0.717) is 28.0 Å². The van der Waals surface area contributed by atoms with Crippen molar-refractivity contribution >= 4 is 17.6 Å². The Balaban J connectivity index is 2.04. The molecule has 2 heterocycles. The summed E-state index contributed by atoms with van der Waals surface area (Å²) >= 11 is 0. The van der Waals surface area contributed by atoms with Crippen LogP contribution >= 0.6 is 0 Å². The van der Waals surface area contributed by atoms with E-state index in [-0.39, 0.29) is 24.0 Å². The molecule has 0 saturated heterocycles. The maximum absolute atomic E-state index is 12.4. The van der Waals surface area contributed by atoms with Crippen LogP contribution in [0.4, 0.5) is 0 Å². The fraction of sp³-hybridized carbons (Fsp3) is 0.188. The Morgan fingerprint density at radius 1 is 1.24 bits per heavy atom. The summed E-state index contributed by atoms with van der Waals surface area (Å²) in [6, 6.07) is 6.46. The first-order valence-corrected chi connectivity index (χ1v) is 6.51. The lowest BCUT2D eigenvalue weighted by Gasteiger charge is -2.23. The summed E-state index contributed by atoms with van der Waals surface area (Å²) in [5.41, 5.74) is 1.95. The summed E-state index contributed by atoms with van der Waals surface area (Å²) in [5.74, 6) is -0.273. The Morgan fingerprint density at radius 2 is 2.00 bits per heavy atom. The van der Waals surface area contributed by atoms with Gasteiger partial charge in [-0.2, -0.15) is 0 Å². The molecule has 1 aliphatic rings. The highest BCUT2D eigenvalue weighted by Crippen LogP contribution is 2.23. The smallest absolute Gasteiger partial charge is 0.260 e. The zero-order valence-electron chi connectivity index (χ0n) is 11.7. The first-order chi connectivity index (χ1) is 9.99. The fourth-order valence-corrected chi connectivity index (χ4v) is 2.42. The van der Waals surface area contributed by atoms with E-state index in [9.17, 15) is 14.4 Å². The Hall–Kier alpha value is -2.69. The van der Waals surface area contributed by atoms with Crippen LogP contribution in [0.15, 0.2) is 34.9 Å². The van der Waals surface area contributed by atoms with Crippen LogP contribution in [0.2, 0.25) is 0 Å². The van der Waals surface area contributed by atoms with Gasteiger partial charge in [-0.25, -0.2) is 0 Å². The minimum atomic E-state index is -0.375. The number of nitrogens with zero attached hydrogens (tertiary/aromatic N) is 1. The summed E-state index contributed by atoms with van der Waals surface area (Å²) in [5, 5.41) is 0. The number of aryl methyl sites for hydroxylation is 1. The van der Waals surface area contributed by atoms with Gasteiger partial charge in [-0.3, -0.25) is 19.3 Å². The number of likely N-dealkylation sites (N-methyl/N-ethyl adjacent to an activating group) is 1. The van der Waals surface area contributed by atoms with Crippen molar-refractivity contribution < 1.29 is 18.8 Å². The quantitative estimate of drug-likeness (QED) is 0.624. The number of amides is 2. The molecule has 0 N–H and O–H groups in total. The van der Waals surface area contributed by atoms with Gasteiger partial charge in [0.1, 0.15) is 5.76 Å². The molecule has 21 heavy (non-hydrogen) atoms. The lowest BCUT2D eigenvalue weighted by atomic mass is 9.94. The second-order valence-corrected chi connectivity index (χ2v) is 5.03. The average Bonchev–Trinajstić information content (AvgIpc) is 2.90. The highest BCUT2D eigenvalue weighted by Gasteiger charge is 2.29. The number of ketones is 1. The monoisotopic (exact) mass is 283 g/mol. The molecule has 0 radical (unpaired) electrons. The molecular formula is C16H13NO4. The number of hydrogen-bond acceptors (Lipinski definition) is 4. The van der Waals surface area contributed by atoms with Crippen LogP contribution in [0.25, 0.3) is 0 Å². The van der Waals surface area contributed by atoms with E-state index in [1.54, 1.807) is 31.2 Å². The van der Waals surface area contributed by atoms with Gasteiger partial charge in [0.2, 0.25) is 5.91 Å². The van der Waals surface area contributed by atoms with Crippen LogP contribution in [0.3, 0.4) is 0 Å².